The quantitative estimate of drug-likeness (QED) is 0.250. The van der Waals surface area contributed by atoms with Crippen LogP contribution in [0, 0.1) is 0 Å². The zero-order valence-electron chi connectivity index (χ0n) is 15.4. The summed E-state index contributed by atoms with van der Waals surface area (Å²) in [6.45, 7) is 1.25. The Bertz CT molecular complexity index is 675. The Morgan fingerprint density at radius 2 is 1.77 bits per heavy atom. The summed E-state index contributed by atoms with van der Waals surface area (Å²) >= 11 is 0. The number of aryl methyl sites for hydroxylation is 1. The van der Waals surface area contributed by atoms with Gasteiger partial charge in [-0.25, -0.2) is 0 Å². The maximum atomic E-state index is 5.98. The van der Waals surface area contributed by atoms with Gasteiger partial charge in [0.05, 0.1) is 13.7 Å². The molecule has 142 valence electrons. The first-order valence-corrected chi connectivity index (χ1v) is 8.49. The topological polar surface area (TPSA) is 68.9 Å². The van der Waals surface area contributed by atoms with Crippen molar-refractivity contribution in [3.05, 3.63) is 59.7 Å². The zero-order chi connectivity index (χ0) is 17.9. The molecule has 0 aliphatic rings. The van der Waals surface area contributed by atoms with E-state index >= 15 is 0 Å². The lowest BCUT2D eigenvalue weighted by Crippen LogP contribution is -2.23. The third kappa shape index (κ3) is 7.61. The van der Waals surface area contributed by atoms with Crippen molar-refractivity contribution in [3.8, 4) is 5.75 Å². The largest absolute Gasteiger partial charge is 0.497 e. The molecule has 2 aromatic rings. The van der Waals surface area contributed by atoms with E-state index in [9.17, 15) is 0 Å². The van der Waals surface area contributed by atoms with Crippen LogP contribution in [0.1, 0.15) is 24.0 Å². The number of anilines is 1. The highest BCUT2D eigenvalue weighted by molar-refractivity contribution is 14.0. The lowest BCUT2D eigenvalue weighted by atomic mass is 10.1. The molecule has 0 bridgehead atoms. The van der Waals surface area contributed by atoms with Gasteiger partial charge >= 0.3 is 0 Å². The molecule has 0 amide bonds. The smallest absolute Gasteiger partial charge is 0.193 e. The standard InChI is InChI=1S/C20H27N3O2.HI/c1-24-15-17-8-3-4-9-19(17)23-20(21)22-14-6-5-7-16-10-12-18(25-2)13-11-16;/h3-4,8-13H,5-7,14-15H2,1-2H3,(H3,21,22,23);1H. The second-order valence-corrected chi connectivity index (χ2v) is 5.79. The average molecular weight is 469 g/mol. The van der Waals surface area contributed by atoms with Crippen molar-refractivity contribution in [2.24, 2.45) is 10.7 Å². The van der Waals surface area contributed by atoms with Crippen LogP contribution in [-0.4, -0.2) is 26.7 Å². The summed E-state index contributed by atoms with van der Waals surface area (Å²) in [7, 11) is 3.36. The van der Waals surface area contributed by atoms with E-state index in [1.165, 1.54) is 5.56 Å². The number of nitrogens with one attached hydrogen (secondary N) is 1. The molecule has 6 heteroatoms. The van der Waals surface area contributed by atoms with Crippen molar-refractivity contribution in [1.29, 1.82) is 0 Å². The maximum absolute atomic E-state index is 5.98. The summed E-state index contributed by atoms with van der Waals surface area (Å²) in [6.07, 6.45) is 3.10. The normalized spacial score (nSPS) is 10.9. The number of methoxy groups -OCH3 is 2. The summed E-state index contributed by atoms with van der Waals surface area (Å²) in [4.78, 5) is 4.40. The first kappa shape index (κ1) is 22.2. The monoisotopic (exact) mass is 469 g/mol. The van der Waals surface area contributed by atoms with Crippen LogP contribution in [0.25, 0.3) is 0 Å². The fraction of sp³-hybridized carbons (Fsp3) is 0.350. The number of guanidine groups is 1. The number of para-hydroxylation sites is 1. The van der Waals surface area contributed by atoms with E-state index in [2.05, 4.69) is 22.4 Å². The first-order chi connectivity index (χ1) is 12.2. The fourth-order valence-corrected chi connectivity index (χ4v) is 2.53. The van der Waals surface area contributed by atoms with Crippen LogP contribution >= 0.6 is 24.0 Å². The first-order valence-electron chi connectivity index (χ1n) is 8.49. The molecule has 0 aliphatic heterocycles. The molecule has 5 nitrogen and oxygen atoms in total. The minimum absolute atomic E-state index is 0. The number of halogens is 1. The molecule has 0 heterocycles. The molecule has 2 aromatic carbocycles. The number of unbranched alkanes of at least 4 members (excludes halogenated alkanes) is 1. The van der Waals surface area contributed by atoms with Gasteiger partial charge in [-0.05, 0) is 43.0 Å². The van der Waals surface area contributed by atoms with Crippen LogP contribution in [0.4, 0.5) is 5.69 Å². The van der Waals surface area contributed by atoms with Gasteiger partial charge in [0.2, 0.25) is 0 Å². The molecule has 0 fully saturated rings. The van der Waals surface area contributed by atoms with Crippen molar-refractivity contribution in [3.63, 3.8) is 0 Å². The Morgan fingerprint density at radius 1 is 1.04 bits per heavy atom. The summed E-state index contributed by atoms with van der Waals surface area (Å²) in [5.74, 6) is 1.33. The highest BCUT2D eigenvalue weighted by atomic mass is 127. The number of benzene rings is 2. The second kappa shape index (κ2) is 12.5. The van der Waals surface area contributed by atoms with Crippen molar-refractivity contribution < 1.29 is 9.47 Å². The van der Waals surface area contributed by atoms with Gasteiger partial charge in [0.25, 0.3) is 0 Å². The van der Waals surface area contributed by atoms with Gasteiger partial charge in [0, 0.05) is 24.9 Å². The SMILES string of the molecule is COCc1ccccc1NC(N)=NCCCCc1ccc(OC)cc1.I. The number of aliphatic imine (C=N–C) groups is 1. The molecular weight excluding hydrogens is 441 g/mol. The van der Waals surface area contributed by atoms with E-state index in [-0.39, 0.29) is 24.0 Å². The van der Waals surface area contributed by atoms with Crippen molar-refractivity contribution >= 4 is 35.6 Å². The Morgan fingerprint density at radius 3 is 2.46 bits per heavy atom. The van der Waals surface area contributed by atoms with Crippen LogP contribution in [-0.2, 0) is 17.8 Å². The third-order valence-electron chi connectivity index (χ3n) is 3.89. The molecule has 0 aliphatic carbocycles. The zero-order valence-corrected chi connectivity index (χ0v) is 17.7. The molecule has 3 N–H and O–H groups in total. The summed E-state index contributed by atoms with van der Waals surface area (Å²) in [6, 6.07) is 16.1. The molecule has 0 radical (unpaired) electrons. The highest BCUT2D eigenvalue weighted by Crippen LogP contribution is 2.15. The predicted molar refractivity (Wildman–Crippen MR) is 119 cm³/mol. The Balaban J connectivity index is 0.00000338. The van der Waals surface area contributed by atoms with Crippen LogP contribution in [0.15, 0.2) is 53.5 Å². The van der Waals surface area contributed by atoms with Crippen LogP contribution in [0.5, 0.6) is 5.75 Å². The Labute approximate surface area is 173 Å². The van der Waals surface area contributed by atoms with Gasteiger partial charge in [0.15, 0.2) is 5.96 Å². The molecule has 0 atom stereocenters. The van der Waals surface area contributed by atoms with E-state index in [0.717, 1.165) is 36.3 Å². The molecule has 26 heavy (non-hydrogen) atoms. The summed E-state index contributed by atoms with van der Waals surface area (Å²) in [5.41, 5.74) is 9.28. The Hall–Kier alpha value is -1.80. The molecule has 0 saturated heterocycles. The van der Waals surface area contributed by atoms with E-state index < -0.39 is 0 Å². The number of nitrogens with zero attached hydrogens (tertiary/aromatic N) is 1. The van der Waals surface area contributed by atoms with Gasteiger partial charge in [-0.3, -0.25) is 4.99 Å². The molecule has 0 unspecified atom stereocenters. The molecular formula is C20H28IN3O2. The van der Waals surface area contributed by atoms with Crippen molar-refractivity contribution in [1.82, 2.24) is 0 Å². The lowest BCUT2D eigenvalue weighted by Gasteiger charge is -2.10. The lowest BCUT2D eigenvalue weighted by molar-refractivity contribution is 0.185. The van der Waals surface area contributed by atoms with E-state index in [1.54, 1.807) is 14.2 Å². The van der Waals surface area contributed by atoms with Crippen LogP contribution in [0.3, 0.4) is 0 Å². The number of nitrogens with two attached hydrogens (primary N) is 1. The number of rotatable bonds is 9. The van der Waals surface area contributed by atoms with E-state index in [1.807, 2.05) is 36.4 Å². The Kier molecular flexibility index (Phi) is 10.7. The predicted octanol–water partition coefficient (Wildman–Crippen LogP) is 4.21. The van der Waals surface area contributed by atoms with Crippen molar-refractivity contribution in [2.75, 3.05) is 26.1 Å². The molecule has 0 aromatic heterocycles. The fourth-order valence-electron chi connectivity index (χ4n) is 2.53. The van der Waals surface area contributed by atoms with Crippen LogP contribution < -0.4 is 15.8 Å². The van der Waals surface area contributed by atoms with Crippen LogP contribution in [0.2, 0.25) is 0 Å². The van der Waals surface area contributed by atoms with Gasteiger partial charge in [0.1, 0.15) is 5.75 Å². The van der Waals surface area contributed by atoms with Gasteiger partial charge in [-0.15, -0.1) is 24.0 Å². The number of hydrogen-bond donors (Lipinski definition) is 2. The summed E-state index contributed by atoms with van der Waals surface area (Å²) in [5, 5.41) is 3.15. The molecule has 0 spiro atoms. The minimum Gasteiger partial charge on any atom is -0.497 e. The van der Waals surface area contributed by atoms with E-state index in [4.69, 9.17) is 15.2 Å². The van der Waals surface area contributed by atoms with Gasteiger partial charge < -0.3 is 20.5 Å². The highest BCUT2D eigenvalue weighted by Gasteiger charge is 2.02. The van der Waals surface area contributed by atoms with Gasteiger partial charge in [-0.2, -0.15) is 0 Å². The minimum atomic E-state index is 0. The maximum Gasteiger partial charge on any atom is 0.193 e. The molecule has 2 rings (SSSR count). The number of ether oxygens (including phenoxy) is 2. The van der Waals surface area contributed by atoms with Crippen molar-refractivity contribution in [2.45, 2.75) is 25.9 Å². The third-order valence-corrected chi connectivity index (χ3v) is 3.89. The van der Waals surface area contributed by atoms with Gasteiger partial charge in [-0.1, -0.05) is 30.3 Å². The summed E-state index contributed by atoms with van der Waals surface area (Å²) < 4.78 is 10.4. The average Bonchev–Trinajstić information content (AvgIpc) is 2.64. The number of hydrogen-bond acceptors (Lipinski definition) is 3. The molecule has 0 saturated carbocycles. The van der Waals surface area contributed by atoms with E-state index in [0.29, 0.717) is 19.1 Å². The second-order valence-electron chi connectivity index (χ2n) is 5.79.